The van der Waals surface area contributed by atoms with Crippen molar-refractivity contribution >= 4 is 5.78 Å². The molecule has 0 aromatic carbocycles. The van der Waals surface area contributed by atoms with Crippen LogP contribution in [0, 0.1) is 22.7 Å². The normalized spacial score (nSPS) is 31.1. The van der Waals surface area contributed by atoms with E-state index in [-0.39, 0.29) is 16.9 Å². The van der Waals surface area contributed by atoms with Crippen LogP contribution in [-0.4, -0.2) is 17.0 Å². The maximum atomic E-state index is 12.3. The lowest BCUT2D eigenvalue weighted by Crippen LogP contribution is -2.34. The molecule has 1 N–H and O–H groups in total. The topological polar surface area (TPSA) is 37.3 Å². The van der Waals surface area contributed by atoms with Crippen LogP contribution in [0.4, 0.5) is 0 Å². The Balaban J connectivity index is 2.05. The van der Waals surface area contributed by atoms with Gasteiger partial charge < -0.3 is 5.11 Å². The zero-order valence-electron chi connectivity index (χ0n) is 21.0. The Morgan fingerprint density at radius 1 is 1.29 bits per heavy atom. The molecule has 31 heavy (non-hydrogen) atoms. The van der Waals surface area contributed by atoms with E-state index in [1.54, 1.807) is 0 Å². The van der Waals surface area contributed by atoms with Gasteiger partial charge in [0.15, 0.2) is 0 Å². The number of Topliss-reactive ketones (excluding diaryl/α,β-unsaturated/α-hetero) is 1. The van der Waals surface area contributed by atoms with Crippen molar-refractivity contribution in [3.05, 3.63) is 47.6 Å². The molecule has 4 atom stereocenters. The number of ketones is 1. The third kappa shape index (κ3) is 6.54. The second kappa shape index (κ2) is 10.5. The van der Waals surface area contributed by atoms with Crippen molar-refractivity contribution in [2.45, 2.75) is 105 Å². The van der Waals surface area contributed by atoms with Crippen LogP contribution < -0.4 is 0 Å². The van der Waals surface area contributed by atoms with Gasteiger partial charge in [-0.05, 0) is 74.2 Å². The minimum atomic E-state index is -0.238. The first-order chi connectivity index (χ1) is 14.4. The molecule has 0 aliphatic heterocycles. The van der Waals surface area contributed by atoms with Gasteiger partial charge in [0.25, 0.3) is 0 Å². The molecular weight excluding hydrogens is 380 g/mol. The van der Waals surface area contributed by atoms with Crippen molar-refractivity contribution in [3.8, 4) is 0 Å². The first-order valence-electron chi connectivity index (χ1n) is 12.3. The summed E-state index contributed by atoms with van der Waals surface area (Å²) < 4.78 is 0. The molecule has 2 aliphatic carbocycles. The Hall–Kier alpha value is -1.41. The summed E-state index contributed by atoms with van der Waals surface area (Å²) >= 11 is 0. The van der Waals surface area contributed by atoms with Crippen LogP contribution in [-0.2, 0) is 4.79 Å². The Kier molecular flexibility index (Phi) is 8.73. The van der Waals surface area contributed by atoms with Gasteiger partial charge in [0.2, 0.25) is 0 Å². The minimum absolute atomic E-state index is 0.0964. The third-order valence-electron chi connectivity index (χ3n) is 8.07. The fourth-order valence-corrected chi connectivity index (χ4v) is 5.24. The van der Waals surface area contributed by atoms with Crippen LogP contribution in [0.3, 0.4) is 0 Å². The van der Waals surface area contributed by atoms with Gasteiger partial charge in [-0.2, -0.15) is 0 Å². The second-order valence-corrected chi connectivity index (χ2v) is 11.4. The highest BCUT2D eigenvalue weighted by molar-refractivity contribution is 5.83. The monoisotopic (exact) mass is 426 g/mol. The SMILES string of the molecule is C=C1CCC(O)C/C1=C/C=C1\CCCC(C)(C(=C)[C@H](C)CCCC(=O)C(C)(C)C)C1C. The molecule has 0 bridgehead atoms. The first kappa shape index (κ1) is 25.8. The van der Waals surface area contributed by atoms with Crippen molar-refractivity contribution in [3.63, 3.8) is 0 Å². The highest BCUT2D eigenvalue weighted by atomic mass is 16.3. The van der Waals surface area contributed by atoms with Crippen LogP contribution in [0.15, 0.2) is 47.6 Å². The number of carbonyl (C=O) groups is 1. The average Bonchev–Trinajstić information content (AvgIpc) is 2.70. The van der Waals surface area contributed by atoms with E-state index >= 15 is 0 Å². The van der Waals surface area contributed by atoms with Gasteiger partial charge in [0.1, 0.15) is 5.78 Å². The van der Waals surface area contributed by atoms with Gasteiger partial charge in [-0.15, -0.1) is 0 Å². The Bertz CT molecular complexity index is 745. The fourth-order valence-electron chi connectivity index (χ4n) is 5.24. The summed E-state index contributed by atoms with van der Waals surface area (Å²) in [6.07, 6.45) is 12.9. The van der Waals surface area contributed by atoms with Crippen molar-refractivity contribution in [1.82, 2.24) is 0 Å². The molecule has 2 heteroatoms. The lowest BCUT2D eigenvalue weighted by atomic mass is 9.60. The number of hydrogen-bond donors (Lipinski definition) is 1. The highest BCUT2D eigenvalue weighted by Gasteiger charge is 2.39. The lowest BCUT2D eigenvalue weighted by Gasteiger charge is -2.45. The van der Waals surface area contributed by atoms with Gasteiger partial charge in [0.05, 0.1) is 6.10 Å². The molecule has 2 aliphatic rings. The molecule has 0 saturated heterocycles. The van der Waals surface area contributed by atoms with E-state index in [0.29, 0.717) is 24.0 Å². The number of allylic oxidation sites excluding steroid dienone is 5. The van der Waals surface area contributed by atoms with Crippen LogP contribution in [0.2, 0.25) is 0 Å². The van der Waals surface area contributed by atoms with Gasteiger partial charge in [-0.1, -0.05) is 83.6 Å². The van der Waals surface area contributed by atoms with Crippen LogP contribution in [0.1, 0.15) is 99.3 Å². The summed E-state index contributed by atoms with van der Waals surface area (Å²) in [7, 11) is 0. The van der Waals surface area contributed by atoms with E-state index in [1.807, 2.05) is 20.8 Å². The number of rotatable bonds is 7. The Morgan fingerprint density at radius 2 is 1.97 bits per heavy atom. The molecule has 0 aromatic heterocycles. The van der Waals surface area contributed by atoms with Crippen LogP contribution >= 0.6 is 0 Å². The van der Waals surface area contributed by atoms with Gasteiger partial charge in [-0.3, -0.25) is 4.79 Å². The summed E-state index contributed by atoms with van der Waals surface area (Å²) in [4.78, 5) is 12.3. The van der Waals surface area contributed by atoms with E-state index in [4.69, 9.17) is 0 Å². The summed E-state index contributed by atoms with van der Waals surface area (Å²) in [5, 5.41) is 10.0. The van der Waals surface area contributed by atoms with E-state index < -0.39 is 0 Å². The highest BCUT2D eigenvalue weighted by Crippen LogP contribution is 2.51. The summed E-state index contributed by atoms with van der Waals surface area (Å²) in [5.41, 5.74) is 5.08. The quantitative estimate of drug-likeness (QED) is 0.423. The van der Waals surface area contributed by atoms with Crippen molar-refractivity contribution in [2.75, 3.05) is 0 Å². The standard InChI is InChI=1S/C29H46O2/c1-20(11-9-13-27(31)28(5,6)7)22(3)29(8)18-10-12-24(23(29)4)15-16-25-19-26(30)17-14-21(25)2/h15-16,20,23,26,30H,2-3,9-14,17-19H2,1,4-8H3/b24-15+,25-16-/t20-,23?,26?,29?/m1/s1. The van der Waals surface area contributed by atoms with Crippen LogP contribution in [0.5, 0.6) is 0 Å². The maximum Gasteiger partial charge on any atom is 0.138 e. The Morgan fingerprint density at radius 3 is 2.61 bits per heavy atom. The summed E-state index contributed by atoms with van der Waals surface area (Å²) in [6, 6.07) is 0. The van der Waals surface area contributed by atoms with Crippen molar-refractivity contribution in [1.29, 1.82) is 0 Å². The maximum absolute atomic E-state index is 12.3. The largest absolute Gasteiger partial charge is 0.393 e. The molecule has 0 radical (unpaired) electrons. The average molecular weight is 427 g/mol. The zero-order chi connectivity index (χ0) is 23.4. The molecule has 2 nitrogen and oxygen atoms in total. The Labute approximate surface area is 191 Å². The van der Waals surface area contributed by atoms with Crippen molar-refractivity contribution < 1.29 is 9.90 Å². The first-order valence-corrected chi connectivity index (χ1v) is 12.3. The number of aliphatic hydroxyl groups is 1. The predicted molar refractivity (Wildman–Crippen MR) is 133 cm³/mol. The molecule has 0 spiro atoms. The van der Waals surface area contributed by atoms with E-state index in [0.717, 1.165) is 38.5 Å². The lowest BCUT2D eigenvalue weighted by molar-refractivity contribution is -0.126. The van der Waals surface area contributed by atoms with Gasteiger partial charge in [-0.25, -0.2) is 0 Å². The molecule has 174 valence electrons. The summed E-state index contributed by atoms with van der Waals surface area (Å²) in [5.74, 6) is 1.23. The number of aliphatic hydroxyl groups excluding tert-OH is 1. The minimum Gasteiger partial charge on any atom is -0.393 e. The molecule has 0 amide bonds. The molecule has 0 aromatic rings. The third-order valence-corrected chi connectivity index (χ3v) is 8.07. The molecule has 2 saturated carbocycles. The predicted octanol–water partition coefficient (Wildman–Crippen LogP) is 7.74. The van der Waals surface area contributed by atoms with Gasteiger partial charge >= 0.3 is 0 Å². The number of carbonyl (C=O) groups excluding carboxylic acids is 1. The molecule has 2 fully saturated rings. The number of hydrogen-bond acceptors (Lipinski definition) is 2. The van der Waals surface area contributed by atoms with E-state index in [2.05, 4.69) is 46.1 Å². The fraction of sp³-hybridized carbons (Fsp3) is 0.690. The molecular formula is C29H46O2. The van der Waals surface area contributed by atoms with E-state index in [9.17, 15) is 9.90 Å². The van der Waals surface area contributed by atoms with Crippen molar-refractivity contribution in [2.24, 2.45) is 22.7 Å². The van der Waals surface area contributed by atoms with Gasteiger partial charge in [0, 0.05) is 11.8 Å². The molecule has 0 heterocycles. The second-order valence-electron chi connectivity index (χ2n) is 11.4. The zero-order valence-corrected chi connectivity index (χ0v) is 21.0. The van der Waals surface area contributed by atoms with E-state index in [1.165, 1.54) is 35.1 Å². The molecule has 2 rings (SSSR count). The summed E-state index contributed by atoms with van der Waals surface area (Å²) in [6.45, 7) is 21.8. The molecule has 3 unspecified atom stereocenters. The van der Waals surface area contributed by atoms with Crippen LogP contribution in [0.25, 0.3) is 0 Å². The smallest absolute Gasteiger partial charge is 0.138 e.